The van der Waals surface area contributed by atoms with Gasteiger partial charge in [-0.2, -0.15) is 0 Å². The molecular weight excluding hydrogens is 220 g/mol. The zero-order valence-corrected chi connectivity index (χ0v) is 10.9. The molecule has 0 unspecified atom stereocenters. The fourth-order valence-electron chi connectivity index (χ4n) is 1.52. The maximum absolute atomic E-state index is 8.62. The number of nitrogens with zero attached hydrogens (tertiary/aromatic N) is 1. The first-order valence-electron chi connectivity index (χ1n) is 6.11. The van der Waals surface area contributed by atoms with E-state index in [1.807, 2.05) is 0 Å². The Bertz CT molecular complexity index is 276. The van der Waals surface area contributed by atoms with E-state index in [-0.39, 0.29) is 0 Å². The number of aryl methyl sites for hydroxylation is 1. The van der Waals surface area contributed by atoms with Crippen molar-refractivity contribution in [3.63, 3.8) is 0 Å². The van der Waals surface area contributed by atoms with Crippen molar-refractivity contribution >= 4 is 11.3 Å². The van der Waals surface area contributed by atoms with Gasteiger partial charge in [0.25, 0.3) is 0 Å². The molecule has 0 bridgehead atoms. The molecule has 1 heterocycles. The van der Waals surface area contributed by atoms with E-state index in [0.29, 0.717) is 6.61 Å². The summed E-state index contributed by atoms with van der Waals surface area (Å²) in [5.41, 5.74) is 1.16. The molecule has 1 rings (SSSR count). The number of aliphatic hydroxyl groups is 1. The van der Waals surface area contributed by atoms with Gasteiger partial charge in [-0.25, -0.2) is 4.98 Å². The Labute approximate surface area is 102 Å². The summed E-state index contributed by atoms with van der Waals surface area (Å²) in [4.78, 5) is 4.50. The van der Waals surface area contributed by atoms with Gasteiger partial charge in [0.1, 0.15) is 0 Å². The first-order chi connectivity index (χ1) is 7.86. The van der Waals surface area contributed by atoms with Gasteiger partial charge in [0.15, 0.2) is 0 Å². The third kappa shape index (κ3) is 5.58. The third-order valence-corrected chi connectivity index (χ3v) is 3.51. The topological polar surface area (TPSA) is 45.2 Å². The van der Waals surface area contributed by atoms with Crippen LogP contribution >= 0.6 is 11.3 Å². The van der Waals surface area contributed by atoms with Crippen molar-refractivity contribution in [1.82, 2.24) is 10.3 Å². The lowest BCUT2D eigenvalue weighted by atomic mass is 10.2. The van der Waals surface area contributed by atoms with E-state index in [4.69, 9.17) is 5.11 Å². The lowest BCUT2D eigenvalue weighted by molar-refractivity contribution is 0.282. The van der Waals surface area contributed by atoms with Crippen molar-refractivity contribution in [2.45, 2.75) is 45.6 Å². The van der Waals surface area contributed by atoms with E-state index < -0.39 is 0 Å². The molecule has 0 spiro atoms. The number of aromatic nitrogens is 1. The predicted molar refractivity (Wildman–Crippen MR) is 68.8 cm³/mol. The number of thiazole rings is 1. The van der Waals surface area contributed by atoms with E-state index >= 15 is 0 Å². The van der Waals surface area contributed by atoms with Crippen LogP contribution in [0.1, 0.15) is 43.3 Å². The first-order valence-corrected chi connectivity index (χ1v) is 6.99. The Morgan fingerprint density at radius 1 is 1.31 bits per heavy atom. The van der Waals surface area contributed by atoms with Crippen LogP contribution in [0.5, 0.6) is 0 Å². The van der Waals surface area contributed by atoms with Gasteiger partial charge < -0.3 is 10.4 Å². The minimum absolute atomic E-state index is 0.325. The van der Waals surface area contributed by atoms with E-state index in [0.717, 1.165) is 38.0 Å². The zero-order valence-electron chi connectivity index (χ0n) is 10.0. The molecule has 0 amide bonds. The second-order valence-electron chi connectivity index (χ2n) is 3.90. The lowest BCUT2D eigenvalue weighted by Gasteiger charge is -2.02. The summed E-state index contributed by atoms with van der Waals surface area (Å²) in [7, 11) is 0. The van der Waals surface area contributed by atoms with Gasteiger partial charge in [-0.15, -0.1) is 11.3 Å². The molecule has 0 atom stereocenters. The highest BCUT2D eigenvalue weighted by Crippen LogP contribution is 2.09. The second kappa shape index (κ2) is 8.67. The summed E-state index contributed by atoms with van der Waals surface area (Å²) in [5, 5.41) is 15.4. The molecule has 0 saturated carbocycles. The summed E-state index contributed by atoms with van der Waals surface area (Å²) in [6.07, 6.45) is 5.49. The van der Waals surface area contributed by atoms with Gasteiger partial charge >= 0.3 is 0 Å². The van der Waals surface area contributed by atoms with Crippen molar-refractivity contribution in [1.29, 1.82) is 0 Å². The Balaban J connectivity index is 1.98. The number of nitrogens with one attached hydrogen (secondary N) is 1. The second-order valence-corrected chi connectivity index (χ2v) is 4.84. The van der Waals surface area contributed by atoms with Gasteiger partial charge in [-0.1, -0.05) is 19.8 Å². The molecule has 0 saturated heterocycles. The van der Waals surface area contributed by atoms with E-state index in [9.17, 15) is 0 Å². The Morgan fingerprint density at radius 2 is 2.12 bits per heavy atom. The normalized spacial score (nSPS) is 10.9. The third-order valence-electron chi connectivity index (χ3n) is 2.47. The monoisotopic (exact) mass is 242 g/mol. The fourth-order valence-corrected chi connectivity index (χ4v) is 2.27. The van der Waals surface area contributed by atoms with Crippen LogP contribution in [0.15, 0.2) is 5.38 Å². The van der Waals surface area contributed by atoms with Crippen LogP contribution in [0.2, 0.25) is 0 Å². The highest BCUT2D eigenvalue weighted by molar-refractivity contribution is 7.09. The smallest absolute Gasteiger partial charge is 0.0926 e. The van der Waals surface area contributed by atoms with Crippen LogP contribution < -0.4 is 5.32 Å². The van der Waals surface area contributed by atoms with Crippen LogP contribution in [0.25, 0.3) is 0 Å². The highest BCUT2D eigenvalue weighted by Gasteiger charge is 1.98. The standard InChI is InChI=1S/C12H22N2OS/c1-2-12-14-11(10-16-12)9-13-7-5-3-4-6-8-15/h10,13,15H,2-9H2,1H3. The number of rotatable bonds is 9. The predicted octanol–water partition coefficient (Wildman–Crippen LogP) is 2.35. The summed E-state index contributed by atoms with van der Waals surface area (Å²) in [6, 6.07) is 0. The minimum Gasteiger partial charge on any atom is -0.396 e. The molecule has 1 aromatic rings. The van der Waals surface area contributed by atoms with Gasteiger partial charge in [0, 0.05) is 18.5 Å². The molecule has 1 aromatic heterocycles. The molecule has 0 aliphatic heterocycles. The van der Waals surface area contributed by atoms with Gasteiger partial charge in [0.05, 0.1) is 10.7 Å². The maximum atomic E-state index is 8.62. The van der Waals surface area contributed by atoms with Crippen molar-refractivity contribution in [3.8, 4) is 0 Å². The summed E-state index contributed by atoms with van der Waals surface area (Å²) < 4.78 is 0. The molecule has 16 heavy (non-hydrogen) atoms. The van der Waals surface area contributed by atoms with Crippen LogP contribution in [-0.4, -0.2) is 23.2 Å². The van der Waals surface area contributed by atoms with Crippen LogP contribution in [0.3, 0.4) is 0 Å². The Hall–Kier alpha value is -0.450. The minimum atomic E-state index is 0.325. The number of unbranched alkanes of at least 4 members (excludes halogenated alkanes) is 3. The molecule has 0 fully saturated rings. The Kier molecular flexibility index (Phi) is 7.38. The van der Waals surface area contributed by atoms with Crippen LogP contribution in [0, 0.1) is 0 Å². The molecular formula is C12H22N2OS. The number of aliphatic hydroxyl groups excluding tert-OH is 1. The lowest BCUT2D eigenvalue weighted by Crippen LogP contribution is -2.14. The van der Waals surface area contributed by atoms with Crippen molar-refractivity contribution in [3.05, 3.63) is 16.1 Å². The molecule has 0 radical (unpaired) electrons. The van der Waals surface area contributed by atoms with Crippen LogP contribution in [0.4, 0.5) is 0 Å². The molecule has 2 N–H and O–H groups in total. The Morgan fingerprint density at radius 3 is 2.81 bits per heavy atom. The summed E-state index contributed by atoms with van der Waals surface area (Å²) >= 11 is 1.75. The molecule has 0 aromatic carbocycles. The summed E-state index contributed by atoms with van der Waals surface area (Å²) in [5.74, 6) is 0. The van der Waals surface area contributed by atoms with Crippen LogP contribution in [-0.2, 0) is 13.0 Å². The molecule has 0 aliphatic carbocycles. The maximum Gasteiger partial charge on any atom is 0.0926 e. The first kappa shape index (κ1) is 13.6. The van der Waals surface area contributed by atoms with Crippen molar-refractivity contribution < 1.29 is 5.11 Å². The van der Waals surface area contributed by atoms with Gasteiger partial charge in [-0.3, -0.25) is 0 Å². The molecule has 4 heteroatoms. The van der Waals surface area contributed by atoms with Gasteiger partial charge in [0.2, 0.25) is 0 Å². The molecule has 3 nitrogen and oxygen atoms in total. The van der Waals surface area contributed by atoms with E-state index in [2.05, 4.69) is 22.6 Å². The van der Waals surface area contributed by atoms with E-state index in [1.54, 1.807) is 11.3 Å². The van der Waals surface area contributed by atoms with Crippen molar-refractivity contribution in [2.24, 2.45) is 0 Å². The molecule has 0 aliphatic rings. The SMILES string of the molecule is CCc1nc(CNCCCCCCO)cs1. The average Bonchev–Trinajstić information content (AvgIpc) is 2.76. The largest absolute Gasteiger partial charge is 0.396 e. The fraction of sp³-hybridized carbons (Fsp3) is 0.750. The van der Waals surface area contributed by atoms with Gasteiger partial charge in [-0.05, 0) is 25.8 Å². The molecule has 92 valence electrons. The zero-order chi connectivity index (χ0) is 11.6. The average molecular weight is 242 g/mol. The van der Waals surface area contributed by atoms with Crippen molar-refractivity contribution in [2.75, 3.05) is 13.2 Å². The number of hydrogen-bond acceptors (Lipinski definition) is 4. The summed E-state index contributed by atoms with van der Waals surface area (Å²) in [6.45, 7) is 4.39. The number of hydrogen-bond donors (Lipinski definition) is 2. The highest BCUT2D eigenvalue weighted by atomic mass is 32.1. The quantitative estimate of drug-likeness (QED) is 0.653. The van der Waals surface area contributed by atoms with E-state index in [1.165, 1.54) is 17.8 Å².